The summed E-state index contributed by atoms with van der Waals surface area (Å²) in [5.41, 5.74) is 2.83. The Balaban J connectivity index is 2.26. The molecule has 0 N–H and O–H groups in total. The predicted molar refractivity (Wildman–Crippen MR) is 87.7 cm³/mol. The summed E-state index contributed by atoms with van der Waals surface area (Å²) in [5.74, 6) is -0.347. The van der Waals surface area contributed by atoms with Gasteiger partial charge in [-0.25, -0.2) is 9.78 Å². The van der Waals surface area contributed by atoms with Crippen molar-refractivity contribution < 1.29 is 14.1 Å². The number of methoxy groups -OCH3 is 1. The summed E-state index contributed by atoms with van der Waals surface area (Å²) in [7, 11) is 1.35. The van der Waals surface area contributed by atoms with Crippen LogP contribution >= 0.6 is 11.6 Å². The zero-order valence-electron chi connectivity index (χ0n) is 13.0. The van der Waals surface area contributed by atoms with Crippen LogP contribution < -0.4 is 0 Å². The number of carbonyl (C=O) groups excluding carboxylic acids is 1. The molecule has 118 valence electrons. The molecule has 0 saturated carbocycles. The minimum atomic E-state index is -0.447. The van der Waals surface area contributed by atoms with Crippen LogP contribution in [0.25, 0.3) is 22.4 Å². The molecule has 0 amide bonds. The fourth-order valence-corrected chi connectivity index (χ4v) is 2.53. The van der Waals surface area contributed by atoms with E-state index in [2.05, 4.69) is 10.1 Å². The molecule has 3 aromatic rings. The number of hydrogen-bond donors (Lipinski definition) is 0. The molecule has 0 spiro atoms. The molecule has 0 fully saturated rings. The van der Waals surface area contributed by atoms with E-state index in [-0.39, 0.29) is 5.92 Å². The molecule has 1 aromatic carbocycles. The van der Waals surface area contributed by atoms with Crippen molar-refractivity contribution in [2.45, 2.75) is 19.8 Å². The maximum atomic E-state index is 12.2. The Hall–Kier alpha value is -2.40. The van der Waals surface area contributed by atoms with Crippen LogP contribution in [0.5, 0.6) is 0 Å². The molecule has 6 heteroatoms. The average Bonchev–Trinajstić information content (AvgIpc) is 2.98. The first-order valence-electron chi connectivity index (χ1n) is 7.16. The Bertz CT molecular complexity index is 869. The zero-order chi connectivity index (χ0) is 16.6. The van der Waals surface area contributed by atoms with Gasteiger partial charge in [-0.3, -0.25) is 0 Å². The molecule has 23 heavy (non-hydrogen) atoms. The third kappa shape index (κ3) is 2.80. The Morgan fingerprint density at radius 2 is 1.96 bits per heavy atom. The third-order valence-corrected chi connectivity index (χ3v) is 3.82. The van der Waals surface area contributed by atoms with Crippen LogP contribution in [-0.2, 0) is 4.74 Å². The second kappa shape index (κ2) is 6.01. The van der Waals surface area contributed by atoms with E-state index >= 15 is 0 Å². The number of halogens is 1. The van der Waals surface area contributed by atoms with Crippen LogP contribution in [0.4, 0.5) is 0 Å². The van der Waals surface area contributed by atoms with Gasteiger partial charge < -0.3 is 9.26 Å². The van der Waals surface area contributed by atoms with Crippen molar-refractivity contribution in [1.29, 1.82) is 0 Å². The Morgan fingerprint density at radius 1 is 1.26 bits per heavy atom. The molecular formula is C17H15ClN2O3. The number of nitrogens with zero attached hydrogens (tertiary/aromatic N) is 2. The van der Waals surface area contributed by atoms with E-state index in [9.17, 15) is 4.79 Å². The molecule has 0 unspecified atom stereocenters. The van der Waals surface area contributed by atoms with E-state index < -0.39 is 5.97 Å². The Kier molecular flexibility index (Phi) is 4.05. The predicted octanol–water partition coefficient (Wildman–Crippen LogP) is 4.45. The average molecular weight is 331 g/mol. The summed E-state index contributed by atoms with van der Waals surface area (Å²) < 4.78 is 10.2. The van der Waals surface area contributed by atoms with Crippen molar-refractivity contribution in [2.24, 2.45) is 0 Å². The van der Waals surface area contributed by atoms with Gasteiger partial charge in [-0.2, -0.15) is 0 Å². The normalized spacial score (nSPS) is 11.2. The van der Waals surface area contributed by atoms with Gasteiger partial charge in [0, 0.05) is 10.6 Å². The fraction of sp³-hybridized carbons (Fsp3) is 0.235. The highest BCUT2D eigenvalue weighted by Crippen LogP contribution is 2.31. The molecule has 2 heterocycles. The van der Waals surface area contributed by atoms with E-state index in [1.54, 1.807) is 18.2 Å². The first-order chi connectivity index (χ1) is 11.0. The molecule has 2 aromatic heterocycles. The minimum Gasteiger partial charge on any atom is -0.465 e. The summed E-state index contributed by atoms with van der Waals surface area (Å²) in [5, 5.41) is 5.29. The number of ether oxygens (including phenoxy) is 1. The number of rotatable bonds is 3. The van der Waals surface area contributed by atoms with E-state index in [4.69, 9.17) is 20.9 Å². The van der Waals surface area contributed by atoms with E-state index in [0.29, 0.717) is 33.1 Å². The van der Waals surface area contributed by atoms with Crippen LogP contribution in [0.3, 0.4) is 0 Å². The van der Waals surface area contributed by atoms with Crippen LogP contribution in [0.2, 0.25) is 5.02 Å². The number of fused-ring (bicyclic) bond motifs is 1. The highest BCUT2D eigenvalue weighted by molar-refractivity contribution is 6.30. The first-order valence-corrected chi connectivity index (χ1v) is 7.53. The van der Waals surface area contributed by atoms with Gasteiger partial charge in [0.25, 0.3) is 5.71 Å². The van der Waals surface area contributed by atoms with Gasteiger partial charge in [0.05, 0.1) is 29.4 Å². The highest BCUT2D eigenvalue weighted by atomic mass is 35.5. The summed E-state index contributed by atoms with van der Waals surface area (Å²) >= 11 is 5.91. The second-order valence-corrected chi connectivity index (χ2v) is 5.89. The molecule has 0 radical (unpaired) electrons. The summed E-state index contributed by atoms with van der Waals surface area (Å²) in [6.07, 6.45) is 0. The SMILES string of the molecule is COC(=O)c1cc(-c2ccc(Cl)cc2)nc2onc(C(C)C)c12. The number of aromatic nitrogens is 2. The van der Waals surface area contributed by atoms with Gasteiger partial charge >= 0.3 is 5.97 Å². The van der Waals surface area contributed by atoms with Crippen LogP contribution in [0.15, 0.2) is 34.9 Å². The maximum Gasteiger partial charge on any atom is 0.338 e. The van der Waals surface area contributed by atoms with Gasteiger partial charge in [-0.05, 0) is 24.1 Å². The van der Waals surface area contributed by atoms with Gasteiger partial charge in [0.2, 0.25) is 0 Å². The standard InChI is InChI=1S/C17H15ClN2O3/c1-9(2)15-14-12(17(21)22-3)8-13(19-16(14)23-20-15)10-4-6-11(18)7-5-10/h4-9H,1-3H3. The summed E-state index contributed by atoms with van der Waals surface area (Å²) in [4.78, 5) is 16.7. The monoisotopic (exact) mass is 330 g/mol. The number of esters is 1. The zero-order valence-corrected chi connectivity index (χ0v) is 13.7. The number of hydrogen-bond acceptors (Lipinski definition) is 5. The van der Waals surface area contributed by atoms with Gasteiger partial charge in [0.1, 0.15) is 0 Å². The van der Waals surface area contributed by atoms with E-state index in [0.717, 1.165) is 5.56 Å². The van der Waals surface area contributed by atoms with Crippen LogP contribution in [0.1, 0.15) is 35.8 Å². The largest absolute Gasteiger partial charge is 0.465 e. The summed E-state index contributed by atoms with van der Waals surface area (Å²) in [6, 6.07) is 8.89. The van der Waals surface area contributed by atoms with E-state index in [1.807, 2.05) is 26.0 Å². The molecule has 0 bridgehead atoms. The fourth-order valence-electron chi connectivity index (χ4n) is 2.41. The maximum absolute atomic E-state index is 12.2. The van der Waals surface area contributed by atoms with Crippen LogP contribution in [-0.4, -0.2) is 23.2 Å². The van der Waals surface area contributed by atoms with Gasteiger partial charge in [-0.15, -0.1) is 0 Å². The van der Waals surface area contributed by atoms with Crippen LogP contribution in [0, 0.1) is 0 Å². The number of pyridine rings is 1. The molecular weight excluding hydrogens is 316 g/mol. The topological polar surface area (TPSA) is 65.2 Å². The Labute approximate surface area is 138 Å². The lowest BCUT2D eigenvalue weighted by molar-refractivity contribution is 0.0603. The lowest BCUT2D eigenvalue weighted by Gasteiger charge is -2.07. The Morgan fingerprint density at radius 3 is 2.57 bits per heavy atom. The molecule has 0 saturated heterocycles. The smallest absolute Gasteiger partial charge is 0.338 e. The van der Waals surface area contributed by atoms with E-state index in [1.165, 1.54) is 7.11 Å². The van der Waals surface area contributed by atoms with Crippen molar-refractivity contribution in [3.8, 4) is 11.3 Å². The lowest BCUT2D eigenvalue weighted by Crippen LogP contribution is -2.04. The van der Waals surface area contributed by atoms with Crippen molar-refractivity contribution in [2.75, 3.05) is 7.11 Å². The van der Waals surface area contributed by atoms with Crippen molar-refractivity contribution in [3.63, 3.8) is 0 Å². The molecule has 5 nitrogen and oxygen atoms in total. The van der Waals surface area contributed by atoms with Gasteiger partial charge in [-0.1, -0.05) is 42.7 Å². The molecule has 3 rings (SSSR count). The third-order valence-electron chi connectivity index (χ3n) is 3.57. The minimum absolute atomic E-state index is 0.0999. The quantitative estimate of drug-likeness (QED) is 0.664. The van der Waals surface area contributed by atoms with Gasteiger partial charge in [0.15, 0.2) is 0 Å². The second-order valence-electron chi connectivity index (χ2n) is 5.46. The number of carbonyl (C=O) groups is 1. The van der Waals surface area contributed by atoms with Crippen molar-refractivity contribution in [3.05, 3.63) is 46.6 Å². The first kappa shape index (κ1) is 15.5. The molecule has 0 atom stereocenters. The van der Waals surface area contributed by atoms with Crippen molar-refractivity contribution in [1.82, 2.24) is 10.1 Å². The number of benzene rings is 1. The van der Waals surface area contributed by atoms with Crippen molar-refractivity contribution >= 4 is 28.7 Å². The highest BCUT2D eigenvalue weighted by Gasteiger charge is 2.22. The lowest BCUT2D eigenvalue weighted by atomic mass is 10.0. The molecule has 0 aliphatic rings. The molecule has 0 aliphatic carbocycles. The molecule has 0 aliphatic heterocycles. The summed E-state index contributed by atoms with van der Waals surface area (Å²) in [6.45, 7) is 3.96.